The van der Waals surface area contributed by atoms with Crippen molar-refractivity contribution in [2.75, 3.05) is 19.0 Å². The maximum Gasteiger partial charge on any atom is 0.282 e. The van der Waals surface area contributed by atoms with Crippen LogP contribution in [0.4, 0.5) is 5.69 Å². The van der Waals surface area contributed by atoms with Crippen LogP contribution < -0.4 is 20.3 Å². The molecule has 0 unspecified atom stereocenters. The molecule has 0 aliphatic carbocycles. The molecule has 8 nitrogen and oxygen atoms in total. The van der Waals surface area contributed by atoms with E-state index in [1.807, 2.05) is 24.3 Å². The standard InChI is InChI=1S/C25H19Br2ClN4O4/c1-14-30-19-9-8-16(26)11-18(19)25(34)32(14)29-12-15-10-20(35-2)24(23(28)22(15)27)36-13-21(33)31-17-6-4-3-5-7-17/h3-12H,13H2,1-2H3,(H,31,33). The second kappa shape index (κ2) is 11.2. The molecule has 11 heteroatoms. The molecule has 1 aromatic heterocycles. The predicted molar refractivity (Wildman–Crippen MR) is 148 cm³/mol. The summed E-state index contributed by atoms with van der Waals surface area (Å²) >= 11 is 13.4. The quantitative estimate of drug-likeness (QED) is 0.260. The van der Waals surface area contributed by atoms with Crippen LogP contribution in [0.5, 0.6) is 11.5 Å². The normalized spacial score (nSPS) is 11.1. The number of carbonyl (C=O) groups is 1. The summed E-state index contributed by atoms with van der Waals surface area (Å²) in [5.41, 5.74) is 1.45. The van der Waals surface area contributed by atoms with Crippen LogP contribution in [0.15, 0.2) is 73.4 Å². The van der Waals surface area contributed by atoms with Gasteiger partial charge in [-0.25, -0.2) is 4.98 Å². The number of aryl methyl sites for hydroxylation is 1. The minimum Gasteiger partial charge on any atom is -0.493 e. The second-order valence-electron chi connectivity index (χ2n) is 7.51. The number of ether oxygens (including phenoxy) is 2. The summed E-state index contributed by atoms with van der Waals surface area (Å²) in [6.45, 7) is 1.41. The van der Waals surface area contributed by atoms with Gasteiger partial charge in [0.05, 0.1) is 24.2 Å². The van der Waals surface area contributed by atoms with Crippen molar-refractivity contribution in [3.63, 3.8) is 0 Å². The van der Waals surface area contributed by atoms with Crippen LogP contribution in [-0.2, 0) is 4.79 Å². The molecule has 0 bridgehead atoms. The minimum atomic E-state index is -0.355. The van der Waals surface area contributed by atoms with E-state index in [0.29, 0.717) is 38.2 Å². The number of aromatic nitrogens is 2. The maximum atomic E-state index is 13.0. The van der Waals surface area contributed by atoms with E-state index in [4.69, 9.17) is 21.1 Å². The molecule has 0 fully saturated rings. The Bertz CT molecular complexity index is 1540. The largest absolute Gasteiger partial charge is 0.493 e. The number of halogens is 3. The van der Waals surface area contributed by atoms with Crippen LogP contribution >= 0.6 is 43.5 Å². The third-order valence-electron chi connectivity index (χ3n) is 5.06. The lowest BCUT2D eigenvalue weighted by Gasteiger charge is -2.15. The average molecular weight is 635 g/mol. The molecule has 1 heterocycles. The van der Waals surface area contributed by atoms with Gasteiger partial charge in [0, 0.05) is 20.2 Å². The minimum absolute atomic E-state index is 0.188. The van der Waals surface area contributed by atoms with Gasteiger partial charge in [-0.05, 0) is 59.3 Å². The zero-order chi connectivity index (χ0) is 25.8. The lowest BCUT2D eigenvalue weighted by Crippen LogP contribution is -2.21. The third-order valence-corrected chi connectivity index (χ3v) is 7.00. The summed E-state index contributed by atoms with van der Waals surface area (Å²) in [6, 6.07) is 15.9. The van der Waals surface area contributed by atoms with Gasteiger partial charge in [0.25, 0.3) is 11.5 Å². The summed E-state index contributed by atoms with van der Waals surface area (Å²) in [6.07, 6.45) is 1.46. The fourth-order valence-electron chi connectivity index (χ4n) is 3.36. The van der Waals surface area contributed by atoms with Crippen LogP contribution in [0.2, 0.25) is 5.02 Å². The Kier molecular flexibility index (Phi) is 8.07. The zero-order valence-electron chi connectivity index (χ0n) is 19.1. The number of para-hydroxylation sites is 1. The highest BCUT2D eigenvalue weighted by atomic mass is 79.9. The van der Waals surface area contributed by atoms with Crippen molar-refractivity contribution < 1.29 is 14.3 Å². The van der Waals surface area contributed by atoms with Crippen molar-refractivity contribution in [2.45, 2.75) is 6.92 Å². The molecule has 184 valence electrons. The van der Waals surface area contributed by atoms with Crippen LogP contribution in [0.25, 0.3) is 10.9 Å². The molecule has 4 aromatic rings. The Labute approximate surface area is 228 Å². The lowest BCUT2D eigenvalue weighted by atomic mass is 10.2. The first-order valence-electron chi connectivity index (χ1n) is 10.6. The van der Waals surface area contributed by atoms with Crippen molar-refractivity contribution in [3.05, 3.63) is 90.3 Å². The summed E-state index contributed by atoms with van der Waals surface area (Å²) in [7, 11) is 1.46. The summed E-state index contributed by atoms with van der Waals surface area (Å²) in [5.74, 6) is 0.551. The lowest BCUT2D eigenvalue weighted by molar-refractivity contribution is -0.118. The van der Waals surface area contributed by atoms with Gasteiger partial charge in [-0.1, -0.05) is 45.7 Å². The third kappa shape index (κ3) is 5.61. The van der Waals surface area contributed by atoms with E-state index in [2.05, 4.69) is 47.3 Å². The smallest absolute Gasteiger partial charge is 0.282 e. The van der Waals surface area contributed by atoms with Gasteiger partial charge in [0.15, 0.2) is 18.1 Å². The number of anilines is 1. The highest BCUT2D eigenvalue weighted by molar-refractivity contribution is 9.10. The molecular weight excluding hydrogens is 616 g/mol. The highest BCUT2D eigenvalue weighted by Gasteiger charge is 2.18. The van der Waals surface area contributed by atoms with E-state index in [1.165, 1.54) is 18.0 Å². The van der Waals surface area contributed by atoms with Gasteiger partial charge in [-0.2, -0.15) is 9.78 Å². The molecule has 0 atom stereocenters. The Balaban J connectivity index is 1.60. The van der Waals surface area contributed by atoms with Gasteiger partial charge in [-0.3, -0.25) is 9.59 Å². The van der Waals surface area contributed by atoms with Crippen LogP contribution in [0, 0.1) is 6.92 Å². The predicted octanol–water partition coefficient (Wildman–Crippen LogP) is 5.79. The molecule has 1 amide bonds. The SMILES string of the molecule is COc1cc(C=Nn2c(C)nc3ccc(Br)cc3c2=O)c(Br)c(Cl)c1OCC(=O)Nc1ccccc1. The average Bonchev–Trinajstić information content (AvgIpc) is 2.86. The van der Waals surface area contributed by atoms with Crippen molar-refractivity contribution in [3.8, 4) is 11.5 Å². The van der Waals surface area contributed by atoms with Crippen molar-refractivity contribution in [2.24, 2.45) is 5.10 Å². The summed E-state index contributed by atoms with van der Waals surface area (Å²) < 4.78 is 13.5. The molecule has 0 aliphatic rings. The van der Waals surface area contributed by atoms with Gasteiger partial charge in [-0.15, -0.1) is 0 Å². The zero-order valence-corrected chi connectivity index (χ0v) is 23.0. The Morgan fingerprint density at radius 2 is 1.94 bits per heavy atom. The van der Waals surface area contributed by atoms with Crippen molar-refractivity contribution >= 4 is 72.2 Å². The maximum absolute atomic E-state index is 13.0. The van der Waals surface area contributed by atoms with E-state index < -0.39 is 0 Å². The number of fused-ring (bicyclic) bond motifs is 1. The van der Waals surface area contributed by atoms with Crippen LogP contribution in [0.1, 0.15) is 11.4 Å². The number of benzene rings is 3. The van der Waals surface area contributed by atoms with Crippen molar-refractivity contribution in [1.29, 1.82) is 0 Å². The van der Waals surface area contributed by atoms with E-state index in [9.17, 15) is 9.59 Å². The number of carbonyl (C=O) groups excluding carboxylic acids is 1. The van der Waals surface area contributed by atoms with Gasteiger partial charge in [0.1, 0.15) is 10.8 Å². The van der Waals surface area contributed by atoms with Crippen molar-refractivity contribution in [1.82, 2.24) is 9.66 Å². The number of nitrogens with zero attached hydrogens (tertiary/aromatic N) is 3. The number of amides is 1. The Morgan fingerprint density at radius 1 is 1.19 bits per heavy atom. The number of methoxy groups -OCH3 is 1. The molecule has 0 spiro atoms. The van der Waals surface area contributed by atoms with Gasteiger partial charge in [0.2, 0.25) is 0 Å². The molecule has 0 saturated heterocycles. The number of nitrogens with one attached hydrogen (secondary N) is 1. The van der Waals surface area contributed by atoms with E-state index in [1.54, 1.807) is 37.3 Å². The first kappa shape index (κ1) is 25.9. The fraction of sp³-hybridized carbons (Fsp3) is 0.120. The second-order valence-corrected chi connectivity index (χ2v) is 9.60. The molecule has 0 aliphatic heterocycles. The number of rotatable bonds is 7. The molecular formula is C25H19Br2ClN4O4. The van der Waals surface area contributed by atoms with E-state index in [-0.39, 0.29) is 28.8 Å². The Morgan fingerprint density at radius 3 is 2.67 bits per heavy atom. The molecule has 0 saturated carbocycles. The molecule has 3 aromatic carbocycles. The monoisotopic (exact) mass is 632 g/mol. The van der Waals surface area contributed by atoms with Crippen LogP contribution in [0.3, 0.4) is 0 Å². The number of hydrogen-bond donors (Lipinski definition) is 1. The molecule has 1 N–H and O–H groups in total. The van der Waals surface area contributed by atoms with Gasteiger partial charge < -0.3 is 14.8 Å². The summed E-state index contributed by atoms with van der Waals surface area (Å²) in [5, 5.41) is 7.69. The summed E-state index contributed by atoms with van der Waals surface area (Å²) in [4.78, 5) is 29.7. The number of hydrogen-bond acceptors (Lipinski definition) is 6. The van der Waals surface area contributed by atoms with E-state index in [0.717, 1.165) is 4.47 Å². The van der Waals surface area contributed by atoms with Crippen LogP contribution in [-0.4, -0.2) is 35.5 Å². The molecule has 36 heavy (non-hydrogen) atoms. The molecule has 4 rings (SSSR count). The van der Waals surface area contributed by atoms with E-state index >= 15 is 0 Å². The topological polar surface area (TPSA) is 94.8 Å². The first-order chi connectivity index (χ1) is 17.3. The molecule has 0 radical (unpaired) electrons. The highest BCUT2D eigenvalue weighted by Crippen LogP contribution is 2.42. The fourth-order valence-corrected chi connectivity index (χ4v) is 4.37. The Hall–Kier alpha value is -3.21. The van der Waals surface area contributed by atoms with Gasteiger partial charge >= 0.3 is 0 Å². The first-order valence-corrected chi connectivity index (χ1v) is 12.5.